The highest BCUT2D eigenvalue weighted by molar-refractivity contribution is 7.89. The summed E-state index contributed by atoms with van der Waals surface area (Å²) >= 11 is 0. The van der Waals surface area contributed by atoms with Gasteiger partial charge in [0.25, 0.3) is 5.91 Å². The van der Waals surface area contributed by atoms with Crippen LogP contribution in [0.2, 0.25) is 0 Å². The Morgan fingerprint density at radius 2 is 1.55 bits per heavy atom. The van der Waals surface area contributed by atoms with E-state index in [9.17, 15) is 13.2 Å². The van der Waals surface area contributed by atoms with Gasteiger partial charge in [-0.05, 0) is 50.6 Å². The maximum Gasteiger partial charge on any atom is 0.253 e. The highest BCUT2D eigenvalue weighted by Gasteiger charge is 2.30. The Kier molecular flexibility index (Phi) is 6.72. The van der Waals surface area contributed by atoms with Crippen LogP contribution in [0.4, 0.5) is 0 Å². The molecule has 0 aromatic heterocycles. The number of ether oxygens (including phenoxy) is 1. The Bertz CT molecular complexity index is 930. The Labute approximate surface area is 173 Å². The van der Waals surface area contributed by atoms with Gasteiger partial charge in [-0.25, -0.2) is 8.42 Å². The summed E-state index contributed by atoms with van der Waals surface area (Å²) in [5.74, 6) is -0.0753. The number of hydrogen-bond donors (Lipinski definition) is 0. The van der Waals surface area contributed by atoms with Crippen LogP contribution >= 0.6 is 0 Å². The highest BCUT2D eigenvalue weighted by Crippen LogP contribution is 2.19. The Morgan fingerprint density at radius 1 is 0.966 bits per heavy atom. The number of rotatable bonds is 6. The first-order valence-corrected chi connectivity index (χ1v) is 11.3. The van der Waals surface area contributed by atoms with Gasteiger partial charge in [-0.1, -0.05) is 29.8 Å². The van der Waals surface area contributed by atoms with Gasteiger partial charge < -0.3 is 9.64 Å². The van der Waals surface area contributed by atoms with Crippen LogP contribution in [-0.4, -0.2) is 55.8 Å². The van der Waals surface area contributed by atoms with Crippen molar-refractivity contribution in [2.75, 3.05) is 26.2 Å². The molecule has 29 heavy (non-hydrogen) atoms. The van der Waals surface area contributed by atoms with Crippen molar-refractivity contribution in [3.8, 4) is 0 Å². The molecule has 2 aromatic carbocycles. The lowest BCUT2D eigenvalue weighted by atomic mass is 10.1. The average molecular weight is 417 g/mol. The van der Waals surface area contributed by atoms with E-state index >= 15 is 0 Å². The Hall–Kier alpha value is -2.22. The number of benzene rings is 2. The number of carbonyl (C=O) groups is 1. The molecule has 156 valence electrons. The number of amides is 1. The minimum atomic E-state index is -3.53. The van der Waals surface area contributed by atoms with E-state index in [1.54, 1.807) is 41.3 Å². The molecule has 0 saturated carbocycles. The lowest BCUT2D eigenvalue weighted by Gasteiger charge is -2.34. The summed E-state index contributed by atoms with van der Waals surface area (Å²) in [5.41, 5.74) is 2.64. The molecule has 0 atom stereocenters. The van der Waals surface area contributed by atoms with Gasteiger partial charge in [-0.15, -0.1) is 0 Å². The molecule has 1 amide bonds. The number of hydrogen-bond acceptors (Lipinski definition) is 4. The summed E-state index contributed by atoms with van der Waals surface area (Å²) in [5, 5.41) is 0. The third-order valence-electron chi connectivity index (χ3n) is 4.97. The van der Waals surface area contributed by atoms with Gasteiger partial charge >= 0.3 is 0 Å². The Balaban J connectivity index is 1.60. The lowest BCUT2D eigenvalue weighted by Crippen LogP contribution is -2.50. The quantitative estimate of drug-likeness (QED) is 0.726. The zero-order valence-electron chi connectivity index (χ0n) is 17.2. The number of aryl methyl sites for hydroxylation is 1. The van der Waals surface area contributed by atoms with E-state index in [1.807, 2.05) is 32.9 Å². The zero-order valence-corrected chi connectivity index (χ0v) is 18.0. The highest BCUT2D eigenvalue weighted by atomic mass is 32.2. The second-order valence-electron chi connectivity index (χ2n) is 7.57. The molecule has 0 spiro atoms. The van der Waals surface area contributed by atoms with Crippen LogP contribution in [0.5, 0.6) is 0 Å². The fourth-order valence-electron chi connectivity index (χ4n) is 3.18. The largest absolute Gasteiger partial charge is 0.374 e. The molecule has 0 bridgehead atoms. The van der Waals surface area contributed by atoms with Crippen molar-refractivity contribution in [1.29, 1.82) is 0 Å². The van der Waals surface area contributed by atoms with Gasteiger partial charge in [0.05, 0.1) is 17.6 Å². The van der Waals surface area contributed by atoms with Crippen LogP contribution in [0.1, 0.15) is 35.3 Å². The van der Waals surface area contributed by atoms with Gasteiger partial charge in [0.1, 0.15) is 0 Å². The van der Waals surface area contributed by atoms with E-state index in [-0.39, 0.29) is 12.0 Å². The second-order valence-corrected chi connectivity index (χ2v) is 9.50. The van der Waals surface area contributed by atoms with E-state index < -0.39 is 10.0 Å². The van der Waals surface area contributed by atoms with E-state index in [0.29, 0.717) is 43.2 Å². The minimum Gasteiger partial charge on any atom is -0.374 e. The van der Waals surface area contributed by atoms with Crippen molar-refractivity contribution in [3.05, 3.63) is 65.2 Å². The van der Waals surface area contributed by atoms with Crippen LogP contribution in [-0.2, 0) is 21.4 Å². The molecular weight excluding hydrogens is 388 g/mol. The van der Waals surface area contributed by atoms with E-state index in [4.69, 9.17) is 4.74 Å². The standard InChI is InChI=1S/C22H28N2O4S/c1-17(2)28-16-19-6-8-20(9-7-19)22(25)23-12-14-24(15-13-23)29(26,27)21-10-4-18(3)5-11-21/h4-11,17H,12-16H2,1-3H3. The lowest BCUT2D eigenvalue weighted by molar-refractivity contribution is 0.0654. The molecular formula is C22H28N2O4S. The van der Waals surface area contributed by atoms with Crippen LogP contribution in [0.15, 0.2) is 53.4 Å². The summed E-state index contributed by atoms with van der Waals surface area (Å²) in [6, 6.07) is 14.2. The summed E-state index contributed by atoms with van der Waals surface area (Å²) in [6.07, 6.45) is 0.156. The molecule has 2 aromatic rings. The molecule has 0 N–H and O–H groups in total. The van der Waals surface area contributed by atoms with Gasteiger partial charge in [0.2, 0.25) is 10.0 Å². The van der Waals surface area contributed by atoms with Crippen molar-refractivity contribution in [1.82, 2.24) is 9.21 Å². The first-order valence-electron chi connectivity index (χ1n) is 9.84. The summed E-state index contributed by atoms with van der Waals surface area (Å²) < 4.78 is 32.6. The SMILES string of the molecule is Cc1ccc(S(=O)(=O)N2CCN(C(=O)c3ccc(COC(C)C)cc3)CC2)cc1. The molecule has 1 aliphatic rings. The number of sulfonamides is 1. The fourth-order valence-corrected chi connectivity index (χ4v) is 4.60. The number of piperazine rings is 1. The normalized spacial score (nSPS) is 15.7. The molecule has 0 unspecified atom stereocenters. The van der Waals surface area contributed by atoms with E-state index in [2.05, 4.69) is 0 Å². The summed E-state index contributed by atoms with van der Waals surface area (Å²) in [7, 11) is -3.53. The van der Waals surface area contributed by atoms with Crippen LogP contribution in [0.3, 0.4) is 0 Å². The molecule has 1 fully saturated rings. The average Bonchev–Trinajstić information content (AvgIpc) is 2.72. The third kappa shape index (κ3) is 5.23. The molecule has 0 aliphatic carbocycles. The monoisotopic (exact) mass is 416 g/mol. The van der Waals surface area contributed by atoms with Crippen molar-refractivity contribution < 1.29 is 17.9 Å². The molecule has 1 saturated heterocycles. The summed E-state index contributed by atoms with van der Waals surface area (Å²) in [6.45, 7) is 7.74. The van der Waals surface area contributed by atoms with Gasteiger partial charge in [0.15, 0.2) is 0 Å². The second kappa shape index (κ2) is 9.07. The molecule has 1 heterocycles. The van der Waals surface area contributed by atoms with Gasteiger partial charge in [-0.3, -0.25) is 4.79 Å². The van der Waals surface area contributed by atoms with Gasteiger partial charge in [-0.2, -0.15) is 4.31 Å². The third-order valence-corrected chi connectivity index (χ3v) is 6.88. The number of carbonyl (C=O) groups excluding carboxylic acids is 1. The smallest absolute Gasteiger partial charge is 0.253 e. The van der Waals surface area contributed by atoms with Crippen LogP contribution < -0.4 is 0 Å². The topological polar surface area (TPSA) is 66.9 Å². The maximum absolute atomic E-state index is 12.8. The van der Waals surface area contributed by atoms with Crippen LogP contribution in [0.25, 0.3) is 0 Å². The van der Waals surface area contributed by atoms with Crippen molar-refractivity contribution in [3.63, 3.8) is 0 Å². The molecule has 7 heteroatoms. The van der Waals surface area contributed by atoms with E-state index in [1.165, 1.54) is 4.31 Å². The van der Waals surface area contributed by atoms with Crippen molar-refractivity contribution in [2.45, 2.75) is 38.4 Å². The minimum absolute atomic E-state index is 0.0753. The summed E-state index contributed by atoms with van der Waals surface area (Å²) in [4.78, 5) is 14.8. The molecule has 0 radical (unpaired) electrons. The fraction of sp³-hybridized carbons (Fsp3) is 0.409. The molecule has 3 rings (SSSR count). The number of nitrogens with zero attached hydrogens (tertiary/aromatic N) is 2. The maximum atomic E-state index is 12.8. The Morgan fingerprint density at radius 3 is 2.10 bits per heavy atom. The van der Waals surface area contributed by atoms with Crippen LogP contribution in [0, 0.1) is 6.92 Å². The first-order chi connectivity index (χ1) is 13.8. The zero-order chi connectivity index (χ0) is 21.0. The van der Waals surface area contributed by atoms with Crippen molar-refractivity contribution in [2.24, 2.45) is 0 Å². The molecule has 6 nitrogen and oxygen atoms in total. The predicted octanol–water partition coefficient (Wildman–Crippen LogP) is 3.07. The predicted molar refractivity (Wildman–Crippen MR) is 112 cm³/mol. The molecule has 1 aliphatic heterocycles. The first kappa shape index (κ1) is 21.5. The van der Waals surface area contributed by atoms with Crippen molar-refractivity contribution >= 4 is 15.9 Å². The van der Waals surface area contributed by atoms with Gasteiger partial charge in [0, 0.05) is 31.7 Å². The van der Waals surface area contributed by atoms with E-state index in [0.717, 1.165) is 11.1 Å².